The molecule has 0 saturated carbocycles. The smallest absolute Gasteiger partial charge is 0.339 e. The number of aliphatic hydroxyl groups excluding tert-OH is 1. The summed E-state index contributed by atoms with van der Waals surface area (Å²) in [6.45, 7) is 3.08. The average Bonchev–Trinajstić information content (AvgIpc) is 2.12. The van der Waals surface area contributed by atoms with Crippen molar-refractivity contribution in [2.24, 2.45) is 0 Å². The average molecular weight is 196 g/mol. The first-order chi connectivity index (χ1) is 6.49. The van der Waals surface area contributed by atoms with Gasteiger partial charge in [0.05, 0.1) is 6.61 Å². The Bertz CT molecular complexity index is 382. The van der Waals surface area contributed by atoms with Crippen LogP contribution in [0.15, 0.2) is 6.07 Å². The molecule has 0 unspecified atom stereocenters. The van der Waals surface area contributed by atoms with E-state index in [1.807, 2.05) is 0 Å². The highest BCUT2D eigenvalue weighted by atomic mass is 16.4. The zero-order chi connectivity index (χ0) is 10.9. The van der Waals surface area contributed by atoms with Crippen molar-refractivity contribution in [1.29, 1.82) is 0 Å². The molecule has 0 aliphatic heterocycles. The number of aromatic carboxylic acids is 1. The molecule has 1 aromatic carbocycles. The number of benzene rings is 1. The van der Waals surface area contributed by atoms with Crippen LogP contribution in [0.2, 0.25) is 0 Å². The molecule has 76 valence electrons. The molecule has 0 heterocycles. The zero-order valence-corrected chi connectivity index (χ0v) is 8.03. The van der Waals surface area contributed by atoms with E-state index < -0.39 is 5.97 Å². The van der Waals surface area contributed by atoms with Crippen molar-refractivity contribution in [3.05, 3.63) is 28.3 Å². The van der Waals surface area contributed by atoms with Gasteiger partial charge in [-0.05, 0) is 36.6 Å². The molecule has 4 heteroatoms. The maximum atomic E-state index is 10.7. The molecule has 0 saturated heterocycles. The maximum Gasteiger partial charge on any atom is 0.339 e. The van der Waals surface area contributed by atoms with Crippen molar-refractivity contribution in [3.8, 4) is 5.75 Å². The Morgan fingerprint density at radius 3 is 2.43 bits per heavy atom. The number of aryl methyl sites for hydroxylation is 1. The van der Waals surface area contributed by atoms with Crippen molar-refractivity contribution in [2.75, 3.05) is 0 Å². The van der Waals surface area contributed by atoms with Gasteiger partial charge in [-0.3, -0.25) is 0 Å². The van der Waals surface area contributed by atoms with Gasteiger partial charge < -0.3 is 15.3 Å². The van der Waals surface area contributed by atoms with Crippen LogP contribution in [0.3, 0.4) is 0 Å². The lowest BCUT2D eigenvalue weighted by molar-refractivity contribution is 0.0693. The first-order valence-electron chi connectivity index (χ1n) is 4.15. The van der Waals surface area contributed by atoms with Crippen molar-refractivity contribution in [2.45, 2.75) is 20.5 Å². The number of aliphatic hydroxyl groups is 1. The monoisotopic (exact) mass is 196 g/mol. The summed E-state index contributed by atoms with van der Waals surface area (Å²) in [5, 5.41) is 27.3. The predicted octanol–water partition coefficient (Wildman–Crippen LogP) is 1.20. The molecule has 0 atom stereocenters. The molecule has 0 aromatic heterocycles. The number of hydrogen-bond acceptors (Lipinski definition) is 3. The standard InChI is InChI=1S/C10H12O4/c1-5-3-7(10(13)14)9(12)6(2)8(5)4-11/h3,11-12H,4H2,1-2H3,(H,13,14). The lowest BCUT2D eigenvalue weighted by Crippen LogP contribution is -2.03. The maximum absolute atomic E-state index is 10.7. The van der Waals surface area contributed by atoms with Crippen LogP contribution < -0.4 is 0 Å². The highest BCUT2D eigenvalue weighted by molar-refractivity contribution is 5.91. The van der Waals surface area contributed by atoms with Gasteiger partial charge in [-0.25, -0.2) is 4.79 Å². The minimum atomic E-state index is -1.17. The van der Waals surface area contributed by atoms with E-state index in [0.29, 0.717) is 16.7 Å². The summed E-state index contributed by atoms with van der Waals surface area (Å²) >= 11 is 0. The molecule has 0 spiro atoms. The van der Waals surface area contributed by atoms with E-state index in [1.165, 1.54) is 6.07 Å². The molecule has 0 amide bonds. The Labute approximate surface area is 81.4 Å². The summed E-state index contributed by atoms with van der Waals surface area (Å²) in [6.07, 6.45) is 0. The van der Waals surface area contributed by atoms with Crippen LogP contribution in [-0.4, -0.2) is 21.3 Å². The number of phenols is 1. The summed E-state index contributed by atoms with van der Waals surface area (Å²) in [4.78, 5) is 10.7. The van der Waals surface area contributed by atoms with E-state index >= 15 is 0 Å². The van der Waals surface area contributed by atoms with Crippen LogP contribution in [-0.2, 0) is 6.61 Å². The Morgan fingerprint density at radius 2 is 2.00 bits per heavy atom. The summed E-state index contributed by atoms with van der Waals surface area (Å²) in [6, 6.07) is 1.36. The van der Waals surface area contributed by atoms with Crippen molar-refractivity contribution >= 4 is 5.97 Å². The second-order valence-electron chi connectivity index (χ2n) is 3.16. The van der Waals surface area contributed by atoms with Crippen LogP contribution in [0.5, 0.6) is 5.75 Å². The van der Waals surface area contributed by atoms with E-state index in [-0.39, 0.29) is 17.9 Å². The summed E-state index contributed by atoms with van der Waals surface area (Å²) in [5.41, 5.74) is 1.54. The van der Waals surface area contributed by atoms with E-state index in [1.54, 1.807) is 13.8 Å². The fourth-order valence-corrected chi connectivity index (χ4v) is 1.42. The molecule has 0 aliphatic carbocycles. The lowest BCUT2D eigenvalue weighted by Gasteiger charge is -2.11. The Kier molecular flexibility index (Phi) is 2.76. The van der Waals surface area contributed by atoms with Gasteiger partial charge >= 0.3 is 5.97 Å². The second kappa shape index (κ2) is 3.67. The summed E-state index contributed by atoms with van der Waals surface area (Å²) in [7, 11) is 0. The van der Waals surface area contributed by atoms with Crippen LogP contribution in [0.4, 0.5) is 0 Å². The molecule has 1 rings (SSSR count). The number of carboxylic acid groups (broad SMARTS) is 1. The normalized spacial score (nSPS) is 10.2. The number of carboxylic acids is 1. The molecule has 1 aromatic rings. The Morgan fingerprint density at radius 1 is 1.43 bits per heavy atom. The molecule has 0 aliphatic rings. The third-order valence-corrected chi connectivity index (χ3v) is 2.29. The number of aromatic hydroxyl groups is 1. The highest BCUT2D eigenvalue weighted by Crippen LogP contribution is 2.28. The van der Waals surface area contributed by atoms with Gasteiger partial charge in [0.25, 0.3) is 0 Å². The molecule has 14 heavy (non-hydrogen) atoms. The first-order valence-corrected chi connectivity index (χ1v) is 4.15. The number of carbonyl (C=O) groups is 1. The fourth-order valence-electron chi connectivity index (χ4n) is 1.42. The van der Waals surface area contributed by atoms with Gasteiger partial charge in [-0.15, -0.1) is 0 Å². The van der Waals surface area contributed by atoms with Gasteiger partial charge in [0.1, 0.15) is 11.3 Å². The van der Waals surface area contributed by atoms with Crippen molar-refractivity contribution < 1.29 is 20.1 Å². The Hall–Kier alpha value is -1.55. The third kappa shape index (κ3) is 1.56. The van der Waals surface area contributed by atoms with E-state index in [9.17, 15) is 9.90 Å². The Balaban J connectivity index is 3.47. The fraction of sp³-hybridized carbons (Fsp3) is 0.300. The van der Waals surface area contributed by atoms with Crippen LogP contribution in [0.1, 0.15) is 27.0 Å². The van der Waals surface area contributed by atoms with Gasteiger partial charge in [0.2, 0.25) is 0 Å². The summed E-state index contributed by atoms with van der Waals surface area (Å²) < 4.78 is 0. The van der Waals surface area contributed by atoms with Crippen LogP contribution in [0, 0.1) is 13.8 Å². The largest absolute Gasteiger partial charge is 0.507 e. The molecular weight excluding hydrogens is 184 g/mol. The summed E-state index contributed by atoms with van der Waals surface area (Å²) in [5.74, 6) is -1.44. The molecular formula is C10H12O4. The third-order valence-electron chi connectivity index (χ3n) is 2.29. The van der Waals surface area contributed by atoms with Crippen LogP contribution in [0.25, 0.3) is 0 Å². The first kappa shape index (κ1) is 10.5. The van der Waals surface area contributed by atoms with Gasteiger partial charge in [-0.2, -0.15) is 0 Å². The number of rotatable bonds is 2. The molecule has 0 fully saturated rings. The zero-order valence-electron chi connectivity index (χ0n) is 8.03. The highest BCUT2D eigenvalue weighted by Gasteiger charge is 2.16. The topological polar surface area (TPSA) is 77.8 Å². The van der Waals surface area contributed by atoms with Crippen molar-refractivity contribution in [1.82, 2.24) is 0 Å². The van der Waals surface area contributed by atoms with Crippen LogP contribution >= 0.6 is 0 Å². The molecule has 4 nitrogen and oxygen atoms in total. The van der Waals surface area contributed by atoms with Gasteiger partial charge in [-0.1, -0.05) is 0 Å². The predicted molar refractivity (Wildman–Crippen MR) is 50.5 cm³/mol. The number of hydrogen-bond donors (Lipinski definition) is 3. The van der Waals surface area contributed by atoms with Gasteiger partial charge in [0.15, 0.2) is 0 Å². The van der Waals surface area contributed by atoms with E-state index in [2.05, 4.69) is 0 Å². The lowest BCUT2D eigenvalue weighted by atomic mass is 9.98. The molecule has 0 radical (unpaired) electrons. The van der Waals surface area contributed by atoms with Crippen molar-refractivity contribution in [3.63, 3.8) is 0 Å². The molecule has 0 bridgehead atoms. The minimum absolute atomic E-state index is 0.128. The van der Waals surface area contributed by atoms with E-state index in [4.69, 9.17) is 10.2 Å². The molecule has 3 N–H and O–H groups in total. The minimum Gasteiger partial charge on any atom is -0.507 e. The van der Waals surface area contributed by atoms with Gasteiger partial charge in [0, 0.05) is 0 Å². The van der Waals surface area contributed by atoms with E-state index in [0.717, 1.165) is 0 Å². The quantitative estimate of drug-likeness (QED) is 0.664. The SMILES string of the molecule is Cc1cc(C(=O)O)c(O)c(C)c1CO. The second-order valence-corrected chi connectivity index (χ2v) is 3.16.